The number of imide groups is 1. The standard InChI is InChI=1S/C17H22N4O5/c1-5-21-13-9-11(3)10(2)8-12(13)20(6-7-22)14-17(21,26-25)15(23)19(4)16(24)18-14/h8-9,22,25H,5-7H2,1-4H3. The predicted octanol–water partition coefficient (Wildman–Crippen LogP) is 1.12. The highest BCUT2D eigenvalue weighted by atomic mass is 17.1. The summed E-state index contributed by atoms with van der Waals surface area (Å²) in [6.07, 6.45) is 0. The molecule has 0 bridgehead atoms. The number of likely N-dealkylation sites (N-methyl/N-ethyl adjacent to an activating group) is 2. The molecule has 3 amide bonds. The van der Waals surface area contributed by atoms with Crippen LogP contribution >= 0.6 is 0 Å². The molecule has 0 aliphatic carbocycles. The lowest BCUT2D eigenvalue weighted by molar-refractivity contribution is -0.293. The first-order valence-electron chi connectivity index (χ1n) is 8.34. The lowest BCUT2D eigenvalue weighted by atomic mass is 9.96. The lowest BCUT2D eigenvalue weighted by Gasteiger charge is -2.51. The van der Waals surface area contributed by atoms with Crippen LogP contribution in [0.25, 0.3) is 0 Å². The minimum absolute atomic E-state index is 0.0558. The Morgan fingerprint density at radius 1 is 1.19 bits per heavy atom. The minimum atomic E-state index is -1.98. The quantitative estimate of drug-likeness (QED) is 0.611. The van der Waals surface area contributed by atoms with Crippen molar-refractivity contribution in [3.8, 4) is 0 Å². The van der Waals surface area contributed by atoms with E-state index in [0.717, 1.165) is 16.0 Å². The van der Waals surface area contributed by atoms with Crippen LogP contribution in [0.4, 0.5) is 16.2 Å². The number of hydrogen-bond donors (Lipinski definition) is 2. The van der Waals surface area contributed by atoms with Crippen molar-refractivity contribution in [1.82, 2.24) is 4.90 Å². The number of anilines is 2. The summed E-state index contributed by atoms with van der Waals surface area (Å²) in [6, 6.07) is 3.03. The van der Waals surface area contributed by atoms with E-state index in [-0.39, 0.29) is 19.0 Å². The third kappa shape index (κ3) is 2.24. The van der Waals surface area contributed by atoms with Crippen LogP contribution in [0.15, 0.2) is 17.1 Å². The third-order valence-electron chi connectivity index (χ3n) is 4.97. The average molecular weight is 362 g/mol. The van der Waals surface area contributed by atoms with Crippen LogP contribution in [0.3, 0.4) is 0 Å². The van der Waals surface area contributed by atoms with E-state index in [1.54, 1.807) is 9.80 Å². The van der Waals surface area contributed by atoms with Crippen molar-refractivity contribution in [2.45, 2.75) is 26.5 Å². The van der Waals surface area contributed by atoms with Crippen LogP contribution in [-0.2, 0) is 9.68 Å². The van der Waals surface area contributed by atoms with Gasteiger partial charge in [-0.15, -0.1) is 0 Å². The highest BCUT2D eigenvalue weighted by Crippen LogP contribution is 2.44. The van der Waals surface area contributed by atoms with Gasteiger partial charge in [0.15, 0.2) is 5.84 Å². The van der Waals surface area contributed by atoms with Crippen LogP contribution in [0.1, 0.15) is 18.1 Å². The summed E-state index contributed by atoms with van der Waals surface area (Å²) in [6.45, 7) is 5.85. The van der Waals surface area contributed by atoms with Crippen LogP contribution < -0.4 is 9.80 Å². The predicted molar refractivity (Wildman–Crippen MR) is 95.4 cm³/mol. The molecule has 2 aliphatic heterocycles. The molecule has 0 saturated heterocycles. The zero-order valence-electron chi connectivity index (χ0n) is 15.2. The first kappa shape index (κ1) is 18.3. The highest BCUT2D eigenvalue weighted by Gasteiger charge is 2.61. The summed E-state index contributed by atoms with van der Waals surface area (Å²) in [5, 5.41) is 19.3. The molecule has 2 heterocycles. The Labute approximate surface area is 151 Å². The zero-order valence-corrected chi connectivity index (χ0v) is 15.2. The summed E-state index contributed by atoms with van der Waals surface area (Å²) in [7, 11) is 1.28. The van der Waals surface area contributed by atoms with E-state index < -0.39 is 17.7 Å². The van der Waals surface area contributed by atoms with Gasteiger partial charge >= 0.3 is 11.8 Å². The van der Waals surface area contributed by atoms with Gasteiger partial charge in [-0.25, -0.2) is 10.1 Å². The molecule has 1 aromatic rings. The summed E-state index contributed by atoms with van der Waals surface area (Å²) in [5.74, 6) is -0.802. The molecular formula is C17H22N4O5. The Morgan fingerprint density at radius 2 is 1.81 bits per heavy atom. The molecule has 0 spiro atoms. The maximum absolute atomic E-state index is 13.0. The molecule has 140 valence electrons. The van der Waals surface area contributed by atoms with Gasteiger partial charge in [0, 0.05) is 20.1 Å². The minimum Gasteiger partial charge on any atom is -0.395 e. The molecule has 1 aromatic carbocycles. The van der Waals surface area contributed by atoms with Crippen molar-refractivity contribution in [2.24, 2.45) is 4.99 Å². The van der Waals surface area contributed by atoms with Crippen molar-refractivity contribution < 1.29 is 24.8 Å². The lowest BCUT2D eigenvalue weighted by Crippen LogP contribution is -2.74. The Balaban J connectivity index is 2.38. The smallest absolute Gasteiger partial charge is 0.352 e. The molecule has 2 aliphatic rings. The number of carbonyl (C=O) groups excluding carboxylic acids is 2. The largest absolute Gasteiger partial charge is 0.395 e. The number of rotatable bonds is 4. The van der Waals surface area contributed by atoms with Gasteiger partial charge in [0.25, 0.3) is 5.91 Å². The maximum Gasteiger partial charge on any atom is 0.352 e. The topological polar surface area (TPSA) is 106 Å². The van der Waals surface area contributed by atoms with Gasteiger partial charge in [-0.3, -0.25) is 9.69 Å². The van der Waals surface area contributed by atoms with Gasteiger partial charge in [-0.2, -0.15) is 9.88 Å². The molecule has 0 radical (unpaired) electrons. The molecule has 0 aromatic heterocycles. The number of carbonyl (C=O) groups is 2. The monoisotopic (exact) mass is 362 g/mol. The van der Waals surface area contributed by atoms with Crippen LogP contribution in [0.2, 0.25) is 0 Å². The molecule has 9 heteroatoms. The first-order chi connectivity index (χ1) is 12.3. The maximum atomic E-state index is 13.0. The molecule has 26 heavy (non-hydrogen) atoms. The number of β-amino-alcohol motifs (C(OH)–C–C–N with tert-alkyl or cyclic N) is 1. The number of benzene rings is 1. The molecular weight excluding hydrogens is 340 g/mol. The molecule has 0 saturated carbocycles. The summed E-state index contributed by atoms with van der Waals surface area (Å²) in [5.41, 5.74) is 1.34. The van der Waals surface area contributed by atoms with Crippen molar-refractivity contribution >= 4 is 29.1 Å². The number of amidine groups is 1. The molecule has 0 fully saturated rings. The number of hydrogen-bond acceptors (Lipinski definition) is 7. The number of aliphatic hydroxyl groups excluding tert-OH is 1. The van der Waals surface area contributed by atoms with E-state index in [9.17, 15) is 20.0 Å². The highest BCUT2D eigenvalue weighted by molar-refractivity contribution is 6.29. The number of amides is 3. The second-order valence-corrected chi connectivity index (χ2v) is 6.36. The van der Waals surface area contributed by atoms with Gasteiger partial charge in [0.05, 0.1) is 18.0 Å². The summed E-state index contributed by atoms with van der Waals surface area (Å²) in [4.78, 5) is 37.9. The molecule has 1 unspecified atom stereocenters. The zero-order chi connectivity index (χ0) is 19.2. The van der Waals surface area contributed by atoms with Crippen LogP contribution in [0.5, 0.6) is 0 Å². The number of urea groups is 1. The van der Waals surface area contributed by atoms with Crippen LogP contribution in [-0.4, -0.2) is 65.5 Å². The van der Waals surface area contributed by atoms with E-state index in [2.05, 4.69) is 4.99 Å². The molecule has 9 nitrogen and oxygen atoms in total. The van der Waals surface area contributed by atoms with Crippen molar-refractivity contribution in [1.29, 1.82) is 0 Å². The van der Waals surface area contributed by atoms with Crippen molar-refractivity contribution in [3.05, 3.63) is 23.3 Å². The van der Waals surface area contributed by atoms with Gasteiger partial charge in [0.1, 0.15) is 0 Å². The SMILES string of the molecule is CCN1c2cc(C)c(C)cc2N(CCO)C2=NC(=O)N(C)C(=O)C21OO. The van der Waals surface area contributed by atoms with Crippen molar-refractivity contribution in [3.63, 3.8) is 0 Å². The fourth-order valence-corrected chi connectivity index (χ4v) is 3.48. The number of nitrogens with zero attached hydrogens (tertiary/aromatic N) is 4. The Bertz CT molecular complexity index is 809. The van der Waals surface area contributed by atoms with Gasteiger partial charge in [-0.1, -0.05) is 0 Å². The number of aliphatic imine (C=N–C) groups is 1. The fraction of sp³-hybridized carbons (Fsp3) is 0.471. The van der Waals surface area contributed by atoms with E-state index in [1.165, 1.54) is 7.05 Å². The molecule has 1 atom stereocenters. The van der Waals surface area contributed by atoms with E-state index in [1.807, 2.05) is 32.9 Å². The summed E-state index contributed by atoms with van der Waals surface area (Å²) >= 11 is 0. The number of aryl methyl sites for hydroxylation is 2. The van der Waals surface area contributed by atoms with Crippen molar-refractivity contribution in [2.75, 3.05) is 36.5 Å². The van der Waals surface area contributed by atoms with E-state index in [0.29, 0.717) is 17.9 Å². The normalized spacial score (nSPS) is 22.4. The third-order valence-corrected chi connectivity index (χ3v) is 4.97. The van der Waals surface area contributed by atoms with Gasteiger partial charge in [-0.05, 0) is 44.0 Å². The molecule has 3 rings (SSSR count). The van der Waals surface area contributed by atoms with E-state index >= 15 is 0 Å². The number of fused-ring (bicyclic) bond motifs is 2. The average Bonchev–Trinajstić information content (AvgIpc) is 2.62. The fourth-order valence-electron chi connectivity index (χ4n) is 3.48. The second kappa shape index (κ2) is 6.35. The molecule has 2 N–H and O–H groups in total. The first-order valence-corrected chi connectivity index (χ1v) is 8.34. The van der Waals surface area contributed by atoms with Gasteiger partial charge in [0.2, 0.25) is 0 Å². The van der Waals surface area contributed by atoms with Gasteiger partial charge < -0.3 is 14.9 Å². The van der Waals surface area contributed by atoms with E-state index in [4.69, 9.17) is 4.89 Å². The Hall–Kier alpha value is -2.49. The summed E-state index contributed by atoms with van der Waals surface area (Å²) < 4.78 is 0. The Kier molecular flexibility index (Phi) is 4.47. The Morgan fingerprint density at radius 3 is 2.35 bits per heavy atom. The second-order valence-electron chi connectivity index (χ2n) is 6.36. The number of aliphatic hydroxyl groups is 1. The van der Waals surface area contributed by atoms with Crippen LogP contribution in [0, 0.1) is 13.8 Å².